The zero-order valence-electron chi connectivity index (χ0n) is 11.0. The summed E-state index contributed by atoms with van der Waals surface area (Å²) < 4.78 is 0. The minimum atomic E-state index is -0.389. The van der Waals surface area contributed by atoms with Gasteiger partial charge in [0.1, 0.15) is 11.5 Å². The van der Waals surface area contributed by atoms with Gasteiger partial charge in [0.15, 0.2) is 0 Å². The zero-order valence-corrected chi connectivity index (χ0v) is 11.0. The van der Waals surface area contributed by atoms with Gasteiger partial charge in [0.2, 0.25) is 0 Å². The Hall–Kier alpha value is -3.15. The molecule has 106 valence electrons. The van der Waals surface area contributed by atoms with E-state index < -0.39 is 0 Å². The molecule has 0 unspecified atom stereocenters. The number of hydrazone groups is 1. The number of phenols is 1. The average Bonchev–Trinajstić information content (AvgIpc) is 2.52. The van der Waals surface area contributed by atoms with Crippen molar-refractivity contribution in [1.29, 1.82) is 0 Å². The third-order valence-electron chi connectivity index (χ3n) is 2.64. The number of rotatable bonds is 4. The summed E-state index contributed by atoms with van der Waals surface area (Å²) in [6.07, 6.45) is 1.07. The predicted octanol–water partition coefficient (Wildman–Crippen LogP) is 1.99. The van der Waals surface area contributed by atoms with Gasteiger partial charge in [0.05, 0.1) is 6.21 Å². The lowest BCUT2D eigenvalue weighted by Gasteiger charge is -2.03. The van der Waals surface area contributed by atoms with Crippen molar-refractivity contribution >= 4 is 17.8 Å². The Labute approximate surface area is 121 Å². The summed E-state index contributed by atoms with van der Waals surface area (Å²) in [6, 6.07) is 14.8. The van der Waals surface area contributed by atoms with Crippen LogP contribution in [0.4, 0.5) is 0 Å². The average molecular weight is 283 g/mol. The number of nitrogens with zero attached hydrogens (tertiary/aromatic N) is 2. The largest absolute Gasteiger partial charge is 0.508 e. The highest BCUT2D eigenvalue weighted by atomic mass is 16.4. The first-order valence-corrected chi connectivity index (χ1v) is 6.10. The number of nitrogens with one attached hydrogen (secondary N) is 1. The van der Waals surface area contributed by atoms with E-state index in [1.807, 2.05) is 0 Å². The lowest BCUT2D eigenvalue weighted by Crippen LogP contribution is -2.20. The summed E-state index contributed by atoms with van der Waals surface area (Å²) in [7, 11) is 0. The van der Waals surface area contributed by atoms with Gasteiger partial charge in [-0.05, 0) is 24.3 Å². The van der Waals surface area contributed by atoms with Crippen LogP contribution in [0.2, 0.25) is 0 Å². The number of oxime groups is 1. The Morgan fingerprint density at radius 3 is 2.43 bits per heavy atom. The second-order valence-electron chi connectivity index (χ2n) is 4.10. The molecule has 0 saturated carbocycles. The topological polar surface area (TPSA) is 94.3 Å². The number of amides is 1. The Morgan fingerprint density at radius 2 is 1.76 bits per heavy atom. The molecule has 0 heterocycles. The molecule has 0 bridgehead atoms. The fraction of sp³-hybridized carbons (Fsp3) is 0. The number of carbonyl (C=O) groups is 1. The fourth-order valence-electron chi connectivity index (χ4n) is 1.65. The van der Waals surface area contributed by atoms with Crippen molar-refractivity contribution in [3.05, 3.63) is 65.7 Å². The van der Waals surface area contributed by atoms with Crippen LogP contribution in [0.15, 0.2) is 64.9 Å². The number of hydrogen-bond acceptors (Lipinski definition) is 5. The van der Waals surface area contributed by atoms with Crippen LogP contribution in [0.25, 0.3) is 0 Å². The van der Waals surface area contributed by atoms with Crippen LogP contribution in [0.5, 0.6) is 5.75 Å². The highest BCUT2D eigenvalue weighted by Crippen LogP contribution is 2.11. The van der Waals surface area contributed by atoms with Gasteiger partial charge in [0, 0.05) is 11.1 Å². The van der Waals surface area contributed by atoms with Crippen molar-refractivity contribution in [2.45, 2.75) is 0 Å². The van der Waals surface area contributed by atoms with E-state index in [4.69, 9.17) is 5.21 Å². The molecule has 0 spiro atoms. The molecular weight excluding hydrogens is 270 g/mol. The van der Waals surface area contributed by atoms with Crippen LogP contribution in [0.1, 0.15) is 15.9 Å². The maximum atomic E-state index is 11.9. The second-order valence-corrected chi connectivity index (χ2v) is 4.10. The molecule has 3 N–H and O–H groups in total. The first kappa shape index (κ1) is 14.3. The van der Waals surface area contributed by atoms with Crippen LogP contribution < -0.4 is 5.43 Å². The Balaban J connectivity index is 2.21. The molecule has 0 saturated heterocycles. The van der Waals surface area contributed by atoms with E-state index >= 15 is 0 Å². The molecule has 1 amide bonds. The van der Waals surface area contributed by atoms with Gasteiger partial charge >= 0.3 is 0 Å². The van der Waals surface area contributed by atoms with E-state index in [0.717, 1.165) is 6.21 Å². The molecule has 2 rings (SSSR count). The summed E-state index contributed by atoms with van der Waals surface area (Å²) in [6.45, 7) is 0. The van der Waals surface area contributed by atoms with Crippen LogP contribution in [0, 0.1) is 0 Å². The summed E-state index contributed by atoms with van der Waals surface area (Å²) in [5, 5.41) is 24.9. The number of phenolic OH excluding ortho intramolecular Hbond substituents is 1. The molecule has 6 heteroatoms. The molecule has 0 fully saturated rings. The van der Waals surface area contributed by atoms with E-state index in [0.29, 0.717) is 11.1 Å². The highest BCUT2D eigenvalue weighted by molar-refractivity contribution is 6.38. The van der Waals surface area contributed by atoms with Gasteiger partial charge in [0.25, 0.3) is 5.91 Å². The molecule has 2 aromatic rings. The molecular formula is C15H13N3O3. The molecule has 2 aromatic carbocycles. The molecule has 0 atom stereocenters. The quantitative estimate of drug-likeness (QED) is 0.455. The van der Waals surface area contributed by atoms with Crippen LogP contribution >= 0.6 is 0 Å². The van der Waals surface area contributed by atoms with E-state index in [2.05, 4.69) is 15.7 Å². The fourth-order valence-corrected chi connectivity index (χ4v) is 1.65. The van der Waals surface area contributed by atoms with Crippen molar-refractivity contribution in [1.82, 2.24) is 5.43 Å². The van der Waals surface area contributed by atoms with Crippen LogP contribution in [-0.4, -0.2) is 28.1 Å². The van der Waals surface area contributed by atoms with Gasteiger partial charge in [-0.25, -0.2) is 5.43 Å². The maximum absolute atomic E-state index is 11.9. The zero-order chi connectivity index (χ0) is 15.1. The Kier molecular flexibility index (Phi) is 4.66. The third kappa shape index (κ3) is 3.90. The van der Waals surface area contributed by atoms with Gasteiger partial charge < -0.3 is 10.3 Å². The van der Waals surface area contributed by atoms with E-state index in [-0.39, 0.29) is 17.4 Å². The minimum absolute atomic E-state index is 0.0425. The molecule has 0 aromatic heterocycles. The normalized spacial score (nSPS) is 11.5. The summed E-state index contributed by atoms with van der Waals surface area (Å²) in [4.78, 5) is 11.9. The lowest BCUT2D eigenvalue weighted by atomic mass is 10.1. The van der Waals surface area contributed by atoms with E-state index in [1.165, 1.54) is 12.1 Å². The molecule has 0 aliphatic carbocycles. The highest BCUT2D eigenvalue weighted by Gasteiger charge is 2.06. The van der Waals surface area contributed by atoms with Gasteiger partial charge in [-0.2, -0.15) is 5.10 Å². The number of benzene rings is 2. The molecule has 0 radical (unpaired) electrons. The number of aromatic hydroxyl groups is 1. The summed E-state index contributed by atoms with van der Waals surface area (Å²) in [5.74, 6) is -0.347. The van der Waals surface area contributed by atoms with Crippen LogP contribution in [-0.2, 0) is 0 Å². The molecule has 0 aliphatic rings. The van der Waals surface area contributed by atoms with Crippen LogP contribution in [0.3, 0.4) is 0 Å². The molecule has 0 aliphatic heterocycles. The predicted molar refractivity (Wildman–Crippen MR) is 78.8 cm³/mol. The summed E-state index contributed by atoms with van der Waals surface area (Å²) in [5.41, 5.74) is 3.53. The van der Waals surface area contributed by atoms with Crippen molar-refractivity contribution in [3.63, 3.8) is 0 Å². The standard InChI is InChI=1S/C15H13N3O3/c19-13-8-4-7-12(9-13)14(10-16-21)17-18-15(20)11-5-2-1-3-6-11/h1-10,19,21H,(H,18,20). The van der Waals surface area contributed by atoms with Crippen molar-refractivity contribution in [2.75, 3.05) is 0 Å². The summed E-state index contributed by atoms with van der Waals surface area (Å²) >= 11 is 0. The number of hydrogen-bond donors (Lipinski definition) is 3. The number of carbonyl (C=O) groups excluding carboxylic acids is 1. The van der Waals surface area contributed by atoms with E-state index in [9.17, 15) is 9.90 Å². The molecule has 21 heavy (non-hydrogen) atoms. The van der Waals surface area contributed by atoms with Gasteiger partial charge in [-0.15, -0.1) is 0 Å². The maximum Gasteiger partial charge on any atom is 0.271 e. The first-order chi connectivity index (χ1) is 10.2. The monoisotopic (exact) mass is 283 g/mol. The minimum Gasteiger partial charge on any atom is -0.508 e. The smallest absolute Gasteiger partial charge is 0.271 e. The van der Waals surface area contributed by atoms with Gasteiger partial charge in [-0.3, -0.25) is 4.79 Å². The second kappa shape index (κ2) is 6.85. The van der Waals surface area contributed by atoms with Crippen molar-refractivity contribution in [3.8, 4) is 5.75 Å². The van der Waals surface area contributed by atoms with Gasteiger partial charge in [-0.1, -0.05) is 35.5 Å². The molecule has 6 nitrogen and oxygen atoms in total. The van der Waals surface area contributed by atoms with Crippen molar-refractivity contribution < 1.29 is 15.1 Å². The van der Waals surface area contributed by atoms with E-state index in [1.54, 1.807) is 42.5 Å². The van der Waals surface area contributed by atoms with Crippen molar-refractivity contribution in [2.24, 2.45) is 10.3 Å². The Morgan fingerprint density at radius 1 is 1.05 bits per heavy atom. The SMILES string of the molecule is O=C(NN=C(C=NO)c1cccc(O)c1)c1ccccc1. The third-order valence-corrected chi connectivity index (χ3v) is 2.64. The lowest BCUT2D eigenvalue weighted by molar-refractivity contribution is 0.0955. The Bertz CT molecular complexity index is 682. The first-order valence-electron chi connectivity index (χ1n) is 6.10.